The van der Waals surface area contributed by atoms with E-state index in [1.165, 1.54) is 0 Å². The molecule has 0 amide bonds. The van der Waals surface area contributed by atoms with Gasteiger partial charge in [-0.15, -0.1) is 0 Å². The smallest absolute Gasteiger partial charge is 0.119 e. The van der Waals surface area contributed by atoms with Crippen LogP contribution in [0.3, 0.4) is 0 Å². The van der Waals surface area contributed by atoms with E-state index in [0.29, 0.717) is 4.99 Å². The number of hydrogen-bond donors (Lipinski definition) is 1. The van der Waals surface area contributed by atoms with Gasteiger partial charge in [0.2, 0.25) is 0 Å². The molecule has 0 spiro atoms. The van der Waals surface area contributed by atoms with Gasteiger partial charge in [-0.25, -0.2) is 0 Å². The predicted molar refractivity (Wildman–Crippen MR) is 84.1 cm³/mol. The van der Waals surface area contributed by atoms with Crippen LogP contribution in [0.25, 0.3) is 0 Å². The number of nitrogens with zero attached hydrogens (tertiary/aromatic N) is 1. The summed E-state index contributed by atoms with van der Waals surface area (Å²) in [5.41, 5.74) is 7.06. The molecule has 5 heteroatoms. The quantitative estimate of drug-likeness (QED) is 0.862. The molecular formula is C15H22N2O2S. The molecule has 0 aromatic heterocycles. The molecular weight excluding hydrogens is 272 g/mol. The zero-order valence-electron chi connectivity index (χ0n) is 12.2. The summed E-state index contributed by atoms with van der Waals surface area (Å²) in [5.74, 6) is 0.818. The summed E-state index contributed by atoms with van der Waals surface area (Å²) in [7, 11) is 1.66. The molecule has 1 aliphatic rings. The fourth-order valence-corrected chi connectivity index (χ4v) is 3.08. The van der Waals surface area contributed by atoms with E-state index in [9.17, 15) is 0 Å². The Morgan fingerprint density at radius 1 is 1.40 bits per heavy atom. The molecule has 0 saturated carbocycles. The fourth-order valence-electron chi connectivity index (χ4n) is 2.80. The minimum atomic E-state index is -0.0751. The number of rotatable bonds is 4. The van der Waals surface area contributed by atoms with Crippen LogP contribution in [0.2, 0.25) is 0 Å². The lowest BCUT2D eigenvalue weighted by Crippen LogP contribution is -2.49. The van der Waals surface area contributed by atoms with Gasteiger partial charge in [-0.05, 0) is 31.5 Å². The third-order valence-electron chi connectivity index (χ3n) is 3.49. The first-order valence-corrected chi connectivity index (χ1v) is 7.25. The predicted octanol–water partition coefficient (Wildman–Crippen LogP) is 2.13. The third kappa shape index (κ3) is 3.48. The van der Waals surface area contributed by atoms with Gasteiger partial charge in [0.25, 0.3) is 0 Å². The van der Waals surface area contributed by atoms with Crippen molar-refractivity contribution in [3.8, 4) is 5.75 Å². The molecule has 20 heavy (non-hydrogen) atoms. The van der Waals surface area contributed by atoms with Gasteiger partial charge < -0.3 is 15.2 Å². The molecule has 3 atom stereocenters. The minimum absolute atomic E-state index is 0.0751. The third-order valence-corrected chi connectivity index (χ3v) is 3.72. The SMILES string of the molecule is COc1cccc(C(C(N)=S)N2CC(C)OC(C)C2)c1. The number of benzene rings is 1. The average Bonchev–Trinajstić information content (AvgIpc) is 2.37. The lowest BCUT2D eigenvalue weighted by molar-refractivity contribution is -0.0736. The summed E-state index contributed by atoms with van der Waals surface area (Å²) in [4.78, 5) is 2.77. The van der Waals surface area contributed by atoms with E-state index in [1.54, 1.807) is 7.11 Å². The van der Waals surface area contributed by atoms with Crippen molar-refractivity contribution in [3.05, 3.63) is 29.8 Å². The molecule has 4 nitrogen and oxygen atoms in total. The Kier molecular flexibility index (Phi) is 4.96. The van der Waals surface area contributed by atoms with Crippen LogP contribution in [0, 0.1) is 0 Å². The van der Waals surface area contributed by atoms with Crippen LogP contribution in [0.5, 0.6) is 5.75 Å². The highest BCUT2D eigenvalue weighted by molar-refractivity contribution is 7.80. The monoisotopic (exact) mass is 294 g/mol. The summed E-state index contributed by atoms with van der Waals surface area (Å²) in [5, 5.41) is 0. The zero-order valence-corrected chi connectivity index (χ0v) is 13.0. The molecule has 1 aromatic carbocycles. The fraction of sp³-hybridized carbons (Fsp3) is 0.533. The van der Waals surface area contributed by atoms with E-state index in [0.717, 1.165) is 24.4 Å². The second-order valence-corrected chi connectivity index (χ2v) is 5.76. The number of morpholine rings is 1. The normalized spacial score (nSPS) is 25.1. The Morgan fingerprint density at radius 2 is 2.05 bits per heavy atom. The van der Waals surface area contributed by atoms with Crippen LogP contribution in [0.15, 0.2) is 24.3 Å². The molecule has 2 rings (SSSR count). The van der Waals surface area contributed by atoms with Crippen molar-refractivity contribution in [1.29, 1.82) is 0 Å². The molecule has 0 radical (unpaired) electrons. The van der Waals surface area contributed by atoms with Crippen molar-refractivity contribution < 1.29 is 9.47 Å². The Hall–Kier alpha value is -1.17. The molecule has 1 saturated heterocycles. The molecule has 1 fully saturated rings. The van der Waals surface area contributed by atoms with Crippen LogP contribution >= 0.6 is 12.2 Å². The molecule has 2 N–H and O–H groups in total. The van der Waals surface area contributed by atoms with E-state index in [-0.39, 0.29) is 18.2 Å². The van der Waals surface area contributed by atoms with Gasteiger partial charge in [0.15, 0.2) is 0 Å². The van der Waals surface area contributed by atoms with Crippen LogP contribution in [-0.2, 0) is 4.74 Å². The summed E-state index contributed by atoms with van der Waals surface area (Å²) < 4.78 is 11.1. The highest BCUT2D eigenvalue weighted by atomic mass is 32.1. The Morgan fingerprint density at radius 3 is 2.60 bits per heavy atom. The van der Waals surface area contributed by atoms with E-state index in [2.05, 4.69) is 18.7 Å². The summed E-state index contributed by atoms with van der Waals surface area (Å²) >= 11 is 5.29. The van der Waals surface area contributed by atoms with Crippen LogP contribution < -0.4 is 10.5 Å². The van der Waals surface area contributed by atoms with Crippen molar-refractivity contribution in [2.45, 2.75) is 32.1 Å². The number of methoxy groups -OCH3 is 1. The maximum absolute atomic E-state index is 5.99. The molecule has 0 bridgehead atoms. The first-order valence-electron chi connectivity index (χ1n) is 6.84. The zero-order chi connectivity index (χ0) is 14.7. The van der Waals surface area contributed by atoms with E-state index >= 15 is 0 Å². The molecule has 1 heterocycles. The largest absolute Gasteiger partial charge is 0.497 e. The van der Waals surface area contributed by atoms with Crippen LogP contribution in [0.4, 0.5) is 0 Å². The van der Waals surface area contributed by atoms with Gasteiger partial charge in [-0.1, -0.05) is 24.4 Å². The lowest BCUT2D eigenvalue weighted by Gasteiger charge is -2.40. The van der Waals surface area contributed by atoms with Crippen molar-refractivity contribution in [2.24, 2.45) is 5.73 Å². The first kappa shape index (κ1) is 15.2. The molecule has 3 unspecified atom stereocenters. The highest BCUT2D eigenvalue weighted by Gasteiger charge is 2.30. The number of nitrogens with two attached hydrogens (primary N) is 1. The summed E-state index contributed by atoms with van der Waals surface area (Å²) in [6.45, 7) is 5.79. The second-order valence-electron chi connectivity index (χ2n) is 5.29. The highest BCUT2D eigenvalue weighted by Crippen LogP contribution is 2.27. The molecule has 0 aliphatic carbocycles. The van der Waals surface area contributed by atoms with Crippen molar-refractivity contribution in [2.75, 3.05) is 20.2 Å². The van der Waals surface area contributed by atoms with Crippen LogP contribution in [-0.4, -0.2) is 42.3 Å². The van der Waals surface area contributed by atoms with Gasteiger partial charge in [-0.3, -0.25) is 4.90 Å². The lowest BCUT2D eigenvalue weighted by atomic mass is 10.0. The number of hydrogen-bond acceptors (Lipinski definition) is 4. The van der Waals surface area contributed by atoms with Gasteiger partial charge in [0.1, 0.15) is 5.75 Å². The van der Waals surface area contributed by atoms with E-state index < -0.39 is 0 Å². The summed E-state index contributed by atoms with van der Waals surface area (Å²) in [6, 6.07) is 7.84. The standard InChI is InChI=1S/C15H22N2O2S/c1-10-8-17(9-11(2)19-10)14(15(16)20)12-5-4-6-13(7-12)18-3/h4-7,10-11,14H,8-9H2,1-3H3,(H2,16,20). The topological polar surface area (TPSA) is 47.7 Å². The number of thiocarbonyl (C=S) groups is 1. The van der Waals surface area contributed by atoms with Gasteiger partial charge in [0.05, 0.1) is 30.3 Å². The van der Waals surface area contributed by atoms with Gasteiger partial charge in [0, 0.05) is 13.1 Å². The van der Waals surface area contributed by atoms with E-state index in [1.807, 2.05) is 24.3 Å². The molecule has 110 valence electrons. The van der Waals surface area contributed by atoms with Gasteiger partial charge in [-0.2, -0.15) is 0 Å². The minimum Gasteiger partial charge on any atom is -0.497 e. The van der Waals surface area contributed by atoms with Crippen molar-refractivity contribution in [3.63, 3.8) is 0 Å². The molecule has 1 aromatic rings. The Balaban J connectivity index is 2.28. The molecule has 1 aliphatic heterocycles. The second kappa shape index (κ2) is 6.52. The maximum atomic E-state index is 5.99. The van der Waals surface area contributed by atoms with Crippen molar-refractivity contribution in [1.82, 2.24) is 4.90 Å². The Bertz CT molecular complexity index is 471. The Labute approximate surface area is 125 Å². The first-order chi connectivity index (χ1) is 9.51. The van der Waals surface area contributed by atoms with E-state index in [4.69, 9.17) is 27.4 Å². The number of ether oxygens (including phenoxy) is 2. The summed E-state index contributed by atoms with van der Waals surface area (Å²) in [6.07, 6.45) is 0.363. The van der Waals surface area contributed by atoms with Gasteiger partial charge >= 0.3 is 0 Å². The average molecular weight is 294 g/mol. The maximum Gasteiger partial charge on any atom is 0.119 e. The van der Waals surface area contributed by atoms with Crippen LogP contribution in [0.1, 0.15) is 25.5 Å². The van der Waals surface area contributed by atoms with Crippen molar-refractivity contribution >= 4 is 17.2 Å².